The predicted octanol–water partition coefficient (Wildman–Crippen LogP) is 2.78. The lowest BCUT2D eigenvalue weighted by atomic mass is 10.2. The number of carboxylic acid groups (broad SMARTS) is 1. The molecule has 0 aromatic heterocycles. The third kappa shape index (κ3) is 5.75. The Bertz CT molecular complexity index is 367. The molecule has 0 aliphatic rings. The fourth-order valence-corrected chi connectivity index (χ4v) is 1.77. The van der Waals surface area contributed by atoms with Crippen molar-refractivity contribution in [3.63, 3.8) is 0 Å². The van der Waals surface area contributed by atoms with Gasteiger partial charge in [0.05, 0.1) is 6.61 Å². The molecule has 4 heteroatoms. The standard InChI is InChI=1S/C15H23NO3/c1-3-4-10-16(14-8-6-5-7-9-14)11-12-19-13(2)15(17)18/h5-9,13H,3-4,10-12H2,1-2H3,(H,17,18). The van der Waals surface area contributed by atoms with E-state index in [0.29, 0.717) is 13.2 Å². The molecule has 19 heavy (non-hydrogen) atoms. The lowest BCUT2D eigenvalue weighted by Crippen LogP contribution is -2.31. The normalized spacial score (nSPS) is 12.1. The van der Waals surface area contributed by atoms with Crippen LogP contribution >= 0.6 is 0 Å². The zero-order chi connectivity index (χ0) is 14.1. The van der Waals surface area contributed by atoms with E-state index in [-0.39, 0.29) is 0 Å². The van der Waals surface area contributed by atoms with Gasteiger partial charge in [-0.1, -0.05) is 31.5 Å². The van der Waals surface area contributed by atoms with E-state index in [0.717, 1.165) is 25.1 Å². The number of anilines is 1. The van der Waals surface area contributed by atoms with Crippen molar-refractivity contribution in [3.05, 3.63) is 30.3 Å². The SMILES string of the molecule is CCCCN(CCOC(C)C(=O)O)c1ccccc1. The van der Waals surface area contributed by atoms with Gasteiger partial charge >= 0.3 is 5.97 Å². The molecular formula is C15H23NO3. The van der Waals surface area contributed by atoms with Gasteiger partial charge in [-0.2, -0.15) is 0 Å². The fourth-order valence-electron chi connectivity index (χ4n) is 1.77. The van der Waals surface area contributed by atoms with E-state index in [1.54, 1.807) is 6.92 Å². The molecule has 1 N–H and O–H groups in total. The minimum atomic E-state index is -0.917. The number of hydrogen-bond acceptors (Lipinski definition) is 3. The van der Waals surface area contributed by atoms with Crippen LogP contribution in [0.15, 0.2) is 30.3 Å². The van der Waals surface area contributed by atoms with Crippen molar-refractivity contribution < 1.29 is 14.6 Å². The van der Waals surface area contributed by atoms with Crippen LogP contribution in [0, 0.1) is 0 Å². The van der Waals surface area contributed by atoms with Gasteiger partial charge in [0.15, 0.2) is 6.10 Å². The molecule has 0 heterocycles. The number of hydrogen-bond donors (Lipinski definition) is 1. The van der Waals surface area contributed by atoms with Crippen molar-refractivity contribution in [3.8, 4) is 0 Å². The molecule has 0 saturated carbocycles. The molecule has 1 aromatic rings. The van der Waals surface area contributed by atoms with Crippen LogP contribution in [0.4, 0.5) is 5.69 Å². The van der Waals surface area contributed by atoms with E-state index < -0.39 is 12.1 Å². The number of nitrogens with zero attached hydrogens (tertiary/aromatic N) is 1. The second-order valence-electron chi connectivity index (χ2n) is 4.53. The van der Waals surface area contributed by atoms with Crippen LogP contribution in [0.2, 0.25) is 0 Å². The number of benzene rings is 1. The highest BCUT2D eigenvalue weighted by Crippen LogP contribution is 2.13. The molecule has 0 radical (unpaired) electrons. The average Bonchev–Trinajstić information content (AvgIpc) is 2.43. The molecule has 1 aromatic carbocycles. The van der Waals surface area contributed by atoms with Gasteiger partial charge < -0.3 is 14.7 Å². The van der Waals surface area contributed by atoms with Crippen molar-refractivity contribution >= 4 is 11.7 Å². The molecule has 0 aliphatic carbocycles. The number of para-hydroxylation sites is 1. The van der Waals surface area contributed by atoms with Gasteiger partial charge in [0.2, 0.25) is 0 Å². The molecule has 1 rings (SSSR count). The molecule has 1 unspecified atom stereocenters. The van der Waals surface area contributed by atoms with Crippen molar-refractivity contribution in [1.29, 1.82) is 0 Å². The summed E-state index contributed by atoms with van der Waals surface area (Å²) in [6.07, 6.45) is 1.50. The summed E-state index contributed by atoms with van der Waals surface area (Å²) in [6.45, 7) is 5.81. The molecule has 0 aliphatic heterocycles. The maximum Gasteiger partial charge on any atom is 0.332 e. The summed E-state index contributed by atoms with van der Waals surface area (Å²) in [7, 11) is 0. The highest BCUT2D eigenvalue weighted by atomic mass is 16.5. The Morgan fingerprint density at radius 2 is 2.00 bits per heavy atom. The smallest absolute Gasteiger partial charge is 0.332 e. The Labute approximate surface area is 115 Å². The maximum absolute atomic E-state index is 10.7. The Morgan fingerprint density at radius 1 is 1.32 bits per heavy atom. The van der Waals surface area contributed by atoms with Gasteiger partial charge in [-0.3, -0.25) is 0 Å². The van der Waals surface area contributed by atoms with Crippen LogP contribution in [0.5, 0.6) is 0 Å². The summed E-state index contributed by atoms with van der Waals surface area (Å²) < 4.78 is 5.29. The van der Waals surface area contributed by atoms with Crippen LogP contribution in [0.3, 0.4) is 0 Å². The van der Waals surface area contributed by atoms with Gasteiger partial charge in [0, 0.05) is 18.8 Å². The molecule has 1 atom stereocenters. The summed E-state index contributed by atoms with van der Waals surface area (Å²) in [5.74, 6) is -0.917. The first-order valence-electron chi connectivity index (χ1n) is 6.79. The highest BCUT2D eigenvalue weighted by molar-refractivity contribution is 5.71. The van der Waals surface area contributed by atoms with Crippen LogP contribution in [0.25, 0.3) is 0 Å². The van der Waals surface area contributed by atoms with Crippen molar-refractivity contribution in [1.82, 2.24) is 0 Å². The van der Waals surface area contributed by atoms with Gasteiger partial charge in [-0.05, 0) is 25.5 Å². The second kappa shape index (κ2) is 8.53. The molecule has 0 spiro atoms. The van der Waals surface area contributed by atoms with Crippen molar-refractivity contribution in [2.75, 3.05) is 24.6 Å². The summed E-state index contributed by atoms with van der Waals surface area (Å²) in [4.78, 5) is 12.9. The van der Waals surface area contributed by atoms with Gasteiger partial charge in [0.1, 0.15) is 0 Å². The zero-order valence-corrected chi connectivity index (χ0v) is 11.7. The summed E-state index contributed by atoms with van der Waals surface area (Å²) in [6, 6.07) is 10.1. The second-order valence-corrected chi connectivity index (χ2v) is 4.53. The van der Waals surface area contributed by atoms with E-state index in [4.69, 9.17) is 9.84 Å². The molecule has 0 saturated heterocycles. The fraction of sp³-hybridized carbons (Fsp3) is 0.533. The van der Waals surface area contributed by atoms with E-state index in [1.807, 2.05) is 18.2 Å². The number of carboxylic acids is 1. The van der Waals surface area contributed by atoms with Gasteiger partial charge in [0.25, 0.3) is 0 Å². The monoisotopic (exact) mass is 265 g/mol. The minimum Gasteiger partial charge on any atom is -0.479 e. The molecule has 0 amide bonds. The van der Waals surface area contributed by atoms with E-state index in [1.165, 1.54) is 0 Å². The van der Waals surface area contributed by atoms with Crippen LogP contribution in [-0.4, -0.2) is 36.9 Å². The summed E-state index contributed by atoms with van der Waals surface area (Å²) >= 11 is 0. The number of unbranched alkanes of at least 4 members (excludes halogenated alkanes) is 1. The largest absolute Gasteiger partial charge is 0.479 e. The number of carbonyl (C=O) groups is 1. The van der Waals surface area contributed by atoms with Crippen molar-refractivity contribution in [2.24, 2.45) is 0 Å². The van der Waals surface area contributed by atoms with E-state index in [9.17, 15) is 4.79 Å². The average molecular weight is 265 g/mol. The third-order valence-electron chi connectivity index (χ3n) is 2.98. The van der Waals surface area contributed by atoms with E-state index in [2.05, 4.69) is 24.0 Å². The van der Waals surface area contributed by atoms with Gasteiger partial charge in [-0.15, -0.1) is 0 Å². The zero-order valence-electron chi connectivity index (χ0n) is 11.7. The lowest BCUT2D eigenvalue weighted by Gasteiger charge is -2.25. The predicted molar refractivity (Wildman–Crippen MR) is 76.6 cm³/mol. The third-order valence-corrected chi connectivity index (χ3v) is 2.98. The highest BCUT2D eigenvalue weighted by Gasteiger charge is 2.12. The topological polar surface area (TPSA) is 49.8 Å². The summed E-state index contributed by atoms with van der Waals surface area (Å²) in [5.41, 5.74) is 1.16. The minimum absolute atomic E-state index is 0.423. The lowest BCUT2D eigenvalue weighted by molar-refractivity contribution is -0.148. The number of rotatable bonds is 9. The molecule has 0 fully saturated rings. The Balaban J connectivity index is 2.49. The number of aliphatic carboxylic acids is 1. The molecular weight excluding hydrogens is 242 g/mol. The Morgan fingerprint density at radius 3 is 2.58 bits per heavy atom. The maximum atomic E-state index is 10.7. The summed E-state index contributed by atoms with van der Waals surface area (Å²) in [5, 5.41) is 8.77. The molecule has 106 valence electrons. The first kappa shape index (κ1) is 15.5. The van der Waals surface area contributed by atoms with Crippen LogP contribution < -0.4 is 4.90 Å². The first-order valence-corrected chi connectivity index (χ1v) is 6.79. The molecule has 0 bridgehead atoms. The van der Waals surface area contributed by atoms with Crippen molar-refractivity contribution in [2.45, 2.75) is 32.8 Å². The van der Waals surface area contributed by atoms with E-state index >= 15 is 0 Å². The quantitative estimate of drug-likeness (QED) is 0.746. The Hall–Kier alpha value is -1.55. The van der Waals surface area contributed by atoms with Crippen LogP contribution in [-0.2, 0) is 9.53 Å². The Kier molecular flexibility index (Phi) is 6.97. The van der Waals surface area contributed by atoms with Crippen LogP contribution in [0.1, 0.15) is 26.7 Å². The number of ether oxygens (including phenoxy) is 1. The first-order chi connectivity index (χ1) is 9.15. The van der Waals surface area contributed by atoms with Gasteiger partial charge in [-0.25, -0.2) is 4.79 Å². The molecule has 4 nitrogen and oxygen atoms in total.